The van der Waals surface area contributed by atoms with Crippen molar-refractivity contribution in [3.05, 3.63) is 120 Å². The largest absolute Gasteiger partial charge is 0.508 e. The van der Waals surface area contributed by atoms with Gasteiger partial charge in [-0.1, -0.05) is 88.1 Å². The van der Waals surface area contributed by atoms with Gasteiger partial charge in [-0.2, -0.15) is 0 Å². The first kappa shape index (κ1) is 105. The molecule has 0 radical (unpaired) electrons. The quantitative estimate of drug-likeness (QED) is 0.0141. The number of aromatic nitrogens is 4. The molecule has 3 saturated heterocycles. The van der Waals surface area contributed by atoms with Gasteiger partial charge >= 0.3 is 0 Å². The molecule has 46 heteroatoms. The maximum absolute atomic E-state index is 15.7. The van der Waals surface area contributed by atoms with Gasteiger partial charge in [0.1, 0.15) is 90.3 Å². The van der Waals surface area contributed by atoms with Crippen LogP contribution >= 0.6 is 11.8 Å². The molecule has 3 fully saturated rings. The van der Waals surface area contributed by atoms with Gasteiger partial charge in [0.25, 0.3) is 0 Å². The molecule has 136 heavy (non-hydrogen) atoms. The van der Waals surface area contributed by atoms with Crippen molar-refractivity contribution >= 4 is 146 Å². The van der Waals surface area contributed by atoms with E-state index >= 15 is 33.6 Å². The number of benzene rings is 3. The number of H-pyrrole nitrogens is 3. The molecule has 0 saturated carbocycles. The smallest absolute Gasteiger partial charge is 0.246 e. The lowest BCUT2D eigenvalue weighted by atomic mass is 10.00. The molecule has 0 unspecified atom stereocenters. The van der Waals surface area contributed by atoms with Gasteiger partial charge in [0.15, 0.2) is 5.96 Å². The minimum absolute atomic E-state index is 0.00371. The highest BCUT2D eigenvalue weighted by molar-refractivity contribution is 8.00. The number of unbranched alkanes of at least 4 members (excludes halogenated alkanes) is 2. The van der Waals surface area contributed by atoms with Crippen molar-refractivity contribution < 1.29 is 96.5 Å². The van der Waals surface area contributed by atoms with Crippen molar-refractivity contribution in [2.24, 2.45) is 17.2 Å². The van der Waals surface area contributed by atoms with Crippen LogP contribution in [0.5, 0.6) is 5.75 Å². The number of amides is 18. The standard InChI is InChI=1S/C90H125N25O20S/c1-8-10-24-68-82(128)104-60(23-16-32-96-90(93)94)78(124)110-67(77(123)100-44-74(120)99-43-73(92)119)46-136-47-75(121)103-63(35-51-28-30-55(117)31-29-51)86(132)111(5)50(4)76(122)107-65(39-72(91)118)88(134)115-34-18-27-70(115)84(130)106-62(38-54-42-95-48-101-54)79(125)102-49(3)85(131)114-33-17-26-69(114)83(129)105-61(36-52-40-97-58-21-14-12-19-56(52)58)80(126)109-66(45-116)81(127)108-64(37-53-41-98-59-22-15-13-20-57(53)59)87(133)113(7)71(25-11-9-2)89(135)112(68)6/h12-15,19-22,28-31,40-42,48-50,60-71,97-98,116-117H,8-11,16-18,23-27,32-39,43-47H2,1-7H3,(H2,91,118)(H2,92,119)(H,95,101)(H,99,120)(H,100,123)(H,102,125)(H,103,121)(H,104,128)(H,105,129)(H,106,130)(H,107,122)(H,108,127)(H,109,126)(H,110,124)(H4,93,94,96)/t49-,50-,60-,61-,62-,63-,64-,65-,66-,67-,68-,69-,70-,71-/m0/s1. The highest BCUT2D eigenvalue weighted by Gasteiger charge is 2.45. The number of nitrogens with zero attached hydrogens (tertiary/aromatic N) is 6. The van der Waals surface area contributed by atoms with Crippen molar-refractivity contribution in [2.75, 3.05) is 72.0 Å². The molecule has 24 N–H and O–H groups in total. The number of nitrogens with two attached hydrogens (primary N) is 3. The average molecular weight is 1910 g/mol. The lowest BCUT2D eigenvalue weighted by Crippen LogP contribution is -2.61. The number of aromatic amines is 3. The van der Waals surface area contributed by atoms with Gasteiger partial charge in [-0.3, -0.25) is 91.7 Å². The molecule has 6 aromatic rings. The number of aliphatic hydroxyl groups is 1. The summed E-state index contributed by atoms with van der Waals surface area (Å²) >= 11 is 0.733. The van der Waals surface area contributed by atoms with E-state index in [4.69, 9.17) is 22.6 Å². The summed E-state index contributed by atoms with van der Waals surface area (Å²) < 4.78 is 0. The van der Waals surface area contributed by atoms with Crippen LogP contribution in [0.3, 0.4) is 0 Å². The second kappa shape index (κ2) is 50.8. The third-order valence-corrected chi connectivity index (χ3v) is 25.2. The van der Waals surface area contributed by atoms with E-state index in [0.29, 0.717) is 69.9 Å². The molecular formula is C90H125N25O20S. The maximum atomic E-state index is 15.7. The fraction of sp³-hybridized carbons (Fsp3) is 0.511. The van der Waals surface area contributed by atoms with Gasteiger partial charge in [0, 0.05) is 118 Å². The number of hydrogen-bond acceptors (Lipinski definition) is 23. The number of likely N-dealkylation sites (N-methyl/N-ethyl adjacent to an activating group) is 3. The fourth-order valence-electron chi connectivity index (χ4n) is 16.5. The van der Waals surface area contributed by atoms with Gasteiger partial charge in [-0.25, -0.2) is 4.98 Å². The molecule has 14 atom stereocenters. The first-order valence-electron chi connectivity index (χ1n) is 45.3. The fourth-order valence-corrected chi connectivity index (χ4v) is 17.3. The summed E-state index contributed by atoms with van der Waals surface area (Å²) in [6.45, 7) is 3.64. The van der Waals surface area contributed by atoms with E-state index in [1.54, 1.807) is 60.9 Å². The van der Waals surface area contributed by atoms with Crippen LogP contribution < -0.4 is 81.0 Å². The number of guanidine groups is 1. The van der Waals surface area contributed by atoms with E-state index in [2.05, 4.69) is 83.7 Å². The zero-order chi connectivity index (χ0) is 99.1. The summed E-state index contributed by atoms with van der Waals surface area (Å²) in [5, 5.41) is 61.8. The molecule has 45 nitrogen and oxygen atoms in total. The summed E-state index contributed by atoms with van der Waals surface area (Å²) in [4.78, 5) is 281. The van der Waals surface area contributed by atoms with Crippen LogP contribution in [0.25, 0.3) is 21.8 Å². The molecule has 9 rings (SSSR count). The van der Waals surface area contributed by atoms with Gasteiger partial charge < -0.3 is 131 Å². The van der Waals surface area contributed by atoms with Crippen LogP contribution in [-0.4, -0.2) is 324 Å². The van der Waals surface area contributed by atoms with Gasteiger partial charge in [0.05, 0.1) is 38.2 Å². The molecule has 3 aromatic carbocycles. The molecule has 18 amide bonds. The number of carbonyl (C=O) groups is 18. The third kappa shape index (κ3) is 29.4. The van der Waals surface area contributed by atoms with Gasteiger partial charge in [-0.05, 0) is 106 Å². The molecule has 3 aliphatic rings. The van der Waals surface area contributed by atoms with Crippen molar-refractivity contribution in [1.29, 1.82) is 5.41 Å². The van der Waals surface area contributed by atoms with Crippen LogP contribution in [0, 0.1) is 5.41 Å². The Kier molecular flexibility index (Phi) is 39.4. The number of para-hydroxylation sites is 2. The van der Waals surface area contributed by atoms with Crippen LogP contribution in [0.2, 0.25) is 0 Å². The Labute approximate surface area is 788 Å². The molecule has 0 bridgehead atoms. The van der Waals surface area contributed by atoms with E-state index in [9.17, 15) is 63.0 Å². The zero-order valence-corrected chi connectivity index (χ0v) is 77.9. The predicted octanol–water partition coefficient (Wildman–Crippen LogP) is -3.81. The zero-order valence-electron chi connectivity index (χ0n) is 77.1. The average Bonchev–Trinajstić information content (AvgIpc) is 1.33. The number of fused-ring (bicyclic) bond motifs is 4. The summed E-state index contributed by atoms with van der Waals surface area (Å²) in [6, 6.07) is -1.81. The Morgan fingerprint density at radius 1 is 0.507 bits per heavy atom. The second-order valence-corrected chi connectivity index (χ2v) is 35.1. The number of phenols is 1. The van der Waals surface area contributed by atoms with Crippen LogP contribution in [0.15, 0.2) is 97.7 Å². The minimum Gasteiger partial charge on any atom is -0.508 e. The number of aromatic hydroxyl groups is 1. The molecule has 6 heterocycles. The number of nitrogens with one attached hydrogen (secondary N) is 16. The first-order valence-corrected chi connectivity index (χ1v) is 46.4. The van der Waals surface area contributed by atoms with Crippen molar-refractivity contribution in [1.82, 2.24) is 108 Å². The molecule has 0 spiro atoms. The van der Waals surface area contributed by atoms with E-state index < -0.39 is 234 Å². The van der Waals surface area contributed by atoms with Crippen LogP contribution in [0.1, 0.15) is 134 Å². The maximum Gasteiger partial charge on any atom is 0.246 e. The van der Waals surface area contributed by atoms with Crippen molar-refractivity contribution in [3.8, 4) is 5.75 Å². The Hall–Kier alpha value is -14.2. The Balaban J connectivity index is 1.09. The first-order chi connectivity index (χ1) is 64.9. The molecule has 736 valence electrons. The Morgan fingerprint density at radius 3 is 1.61 bits per heavy atom. The second-order valence-electron chi connectivity index (χ2n) is 34.1. The van der Waals surface area contributed by atoms with Crippen molar-refractivity contribution in [3.63, 3.8) is 0 Å². The minimum atomic E-state index is -1.86. The Bertz CT molecular complexity index is 5280. The summed E-state index contributed by atoms with van der Waals surface area (Å²) in [5.41, 5.74) is 19.6. The summed E-state index contributed by atoms with van der Waals surface area (Å²) in [7, 11) is 3.89. The monoisotopic (exact) mass is 1910 g/mol. The van der Waals surface area contributed by atoms with E-state index in [1.807, 2.05) is 13.8 Å². The normalized spacial score (nSPS) is 24.0. The highest BCUT2D eigenvalue weighted by atomic mass is 32.2. The number of carbonyl (C=O) groups excluding carboxylic acids is 18. The van der Waals surface area contributed by atoms with E-state index in [1.165, 1.54) is 76.7 Å². The lowest BCUT2D eigenvalue weighted by Gasteiger charge is -2.36. The molecule has 3 aromatic heterocycles. The molecule has 0 aliphatic carbocycles. The lowest BCUT2D eigenvalue weighted by molar-refractivity contribution is -0.149. The van der Waals surface area contributed by atoms with Crippen LogP contribution in [0.4, 0.5) is 0 Å². The number of rotatable bonds is 26. The summed E-state index contributed by atoms with van der Waals surface area (Å²) in [6.07, 6.45) is 5.88. The Morgan fingerprint density at radius 2 is 1.03 bits per heavy atom. The number of aliphatic hydroxyl groups excluding tert-OH is 1. The predicted molar refractivity (Wildman–Crippen MR) is 498 cm³/mol. The van der Waals surface area contributed by atoms with E-state index in [-0.39, 0.29) is 102 Å². The van der Waals surface area contributed by atoms with Crippen LogP contribution in [-0.2, 0) is 112 Å². The van der Waals surface area contributed by atoms with Gasteiger partial charge in [0.2, 0.25) is 106 Å². The van der Waals surface area contributed by atoms with Gasteiger partial charge in [-0.15, -0.1) is 11.8 Å². The molecular weight excluding hydrogens is 1780 g/mol. The number of imidazole rings is 1. The number of thioether (sulfide) groups is 1. The highest BCUT2D eigenvalue weighted by Crippen LogP contribution is 2.27. The molecule has 3 aliphatic heterocycles. The number of phenolic OH excluding ortho intramolecular Hbond substituents is 1. The topological polar surface area (TPSA) is 670 Å². The number of primary amides is 2. The summed E-state index contributed by atoms with van der Waals surface area (Å²) in [5.74, 6) is -18.4. The number of hydrogen-bond donors (Lipinski definition) is 21. The SMILES string of the molecule is CCCC[C@H]1C(=O)N(C)[C@@H](CCCC)C(=O)N[C@@H](CCCNC(=N)N)C(=O)N[C@H](C(=O)NCC(=O)NCC(N)=O)CSCC(=O)N[C@@H](Cc2ccc(O)cc2)C(=O)N(C)[C@@H](C)C(=O)N[C@@H](CC(N)=O)C(=O)N2CCC[C@H]2C(=O)N[C@@H](Cc2cnc[nH]2)C(=O)N[C@@H](C)C(=O)N2CCC[C@H]2C(=O)N[C@@H](Cc2c[nH]c3ccccc23)C(=O)N[C@@H](CO)C(=O)N[C@@H](Cc2c[nH]c3ccccc23)C(=O)N1C. The third-order valence-electron chi connectivity index (χ3n) is 24.1. The van der Waals surface area contributed by atoms with Crippen molar-refractivity contribution in [2.45, 2.75) is 221 Å². The van der Waals surface area contributed by atoms with E-state index in [0.717, 1.165) is 31.4 Å².